The Morgan fingerprint density at radius 3 is 2.79 bits per heavy atom. The van der Waals surface area contributed by atoms with Crippen molar-refractivity contribution in [3.63, 3.8) is 0 Å². The second-order valence-corrected chi connectivity index (χ2v) is 8.54. The van der Waals surface area contributed by atoms with Crippen molar-refractivity contribution in [2.75, 3.05) is 11.4 Å². The molecular weight excluding hydrogens is 373 g/mol. The Kier molecular flexibility index (Phi) is 5.49. The lowest BCUT2D eigenvalue weighted by atomic mass is 10.00. The molecule has 0 bridgehead atoms. The molecule has 0 fully saturated rings. The average Bonchev–Trinajstić information content (AvgIpc) is 3.24. The quantitative estimate of drug-likeness (QED) is 0.552. The first-order chi connectivity index (χ1) is 13.6. The van der Waals surface area contributed by atoms with E-state index in [0.29, 0.717) is 12.5 Å². The molecule has 4 nitrogen and oxygen atoms in total. The van der Waals surface area contributed by atoms with Crippen LogP contribution in [-0.2, 0) is 13.0 Å². The lowest BCUT2D eigenvalue weighted by Crippen LogP contribution is -2.25. The molecule has 3 aromatic rings. The summed E-state index contributed by atoms with van der Waals surface area (Å²) in [5, 5.41) is 0. The highest BCUT2D eigenvalue weighted by molar-refractivity contribution is 7.17. The number of aromatic nitrogens is 2. The number of fused-ring (bicyclic) bond motifs is 3. The molecule has 0 saturated heterocycles. The molecule has 1 aliphatic rings. The first-order valence-electron chi connectivity index (χ1n) is 10.2. The SMILES string of the molecule is CCCCC1CCc2sc3nc(CN(CC)c4ccc(F)cc4)cc(=O)n3c21. The summed E-state index contributed by atoms with van der Waals surface area (Å²) in [5.41, 5.74) is 2.93. The van der Waals surface area contributed by atoms with Crippen molar-refractivity contribution >= 4 is 22.0 Å². The molecule has 0 spiro atoms. The van der Waals surface area contributed by atoms with E-state index in [1.54, 1.807) is 29.5 Å². The van der Waals surface area contributed by atoms with Crippen molar-refractivity contribution in [3.8, 4) is 0 Å². The summed E-state index contributed by atoms with van der Waals surface area (Å²) in [6, 6.07) is 8.12. The maximum Gasteiger partial charge on any atom is 0.259 e. The van der Waals surface area contributed by atoms with Crippen LogP contribution >= 0.6 is 11.3 Å². The van der Waals surface area contributed by atoms with Crippen LogP contribution in [0, 0.1) is 5.82 Å². The van der Waals surface area contributed by atoms with Gasteiger partial charge in [0, 0.05) is 34.8 Å². The molecule has 2 aromatic heterocycles. The summed E-state index contributed by atoms with van der Waals surface area (Å²) in [6.07, 6.45) is 5.74. The number of hydrogen-bond donors (Lipinski definition) is 0. The molecule has 0 N–H and O–H groups in total. The van der Waals surface area contributed by atoms with Crippen molar-refractivity contribution in [1.82, 2.24) is 9.38 Å². The van der Waals surface area contributed by atoms with Crippen LogP contribution in [0.25, 0.3) is 4.96 Å². The first kappa shape index (κ1) is 19.1. The number of rotatable bonds is 7. The monoisotopic (exact) mass is 399 g/mol. The predicted molar refractivity (Wildman–Crippen MR) is 113 cm³/mol. The highest BCUT2D eigenvalue weighted by atomic mass is 32.1. The summed E-state index contributed by atoms with van der Waals surface area (Å²) < 4.78 is 15.1. The third-order valence-electron chi connectivity index (χ3n) is 5.62. The Morgan fingerprint density at radius 2 is 2.07 bits per heavy atom. The smallest absolute Gasteiger partial charge is 0.259 e. The van der Waals surface area contributed by atoms with Crippen LogP contribution in [0.3, 0.4) is 0 Å². The van der Waals surface area contributed by atoms with E-state index in [1.807, 2.05) is 11.3 Å². The number of halogens is 1. The van der Waals surface area contributed by atoms with Crippen molar-refractivity contribution in [1.29, 1.82) is 0 Å². The Morgan fingerprint density at radius 1 is 1.29 bits per heavy atom. The van der Waals surface area contributed by atoms with E-state index in [0.717, 1.165) is 42.1 Å². The van der Waals surface area contributed by atoms with Gasteiger partial charge in [0.15, 0.2) is 4.96 Å². The molecule has 2 heterocycles. The van der Waals surface area contributed by atoms with Gasteiger partial charge in [-0.15, -0.1) is 11.3 Å². The third kappa shape index (κ3) is 3.58. The van der Waals surface area contributed by atoms with Crippen LogP contribution < -0.4 is 10.5 Å². The molecule has 0 radical (unpaired) electrons. The van der Waals surface area contributed by atoms with E-state index < -0.39 is 0 Å². The van der Waals surface area contributed by atoms with Crippen molar-refractivity contribution in [3.05, 3.63) is 62.8 Å². The Hall–Kier alpha value is -2.21. The standard InChI is InChI=1S/C22H26FN3OS/c1-3-5-6-15-7-12-19-21(15)26-20(27)13-17(24-22(26)28-19)14-25(4-2)18-10-8-16(23)9-11-18/h8-11,13,15H,3-7,12,14H2,1-2H3. The molecule has 0 aliphatic heterocycles. The topological polar surface area (TPSA) is 37.6 Å². The van der Waals surface area contributed by atoms with E-state index in [4.69, 9.17) is 4.98 Å². The van der Waals surface area contributed by atoms with Crippen LogP contribution in [0.15, 0.2) is 35.1 Å². The normalized spacial score (nSPS) is 15.9. The molecule has 28 heavy (non-hydrogen) atoms. The van der Waals surface area contributed by atoms with Gasteiger partial charge in [-0.1, -0.05) is 19.8 Å². The number of unbranched alkanes of at least 4 members (excludes halogenated alkanes) is 1. The predicted octanol–water partition coefficient (Wildman–Crippen LogP) is 5.14. The number of hydrogen-bond acceptors (Lipinski definition) is 4. The third-order valence-corrected chi connectivity index (χ3v) is 6.74. The van der Waals surface area contributed by atoms with Gasteiger partial charge in [0.1, 0.15) is 5.82 Å². The molecule has 1 unspecified atom stereocenters. The van der Waals surface area contributed by atoms with E-state index in [1.165, 1.54) is 35.5 Å². The van der Waals surface area contributed by atoms with Gasteiger partial charge >= 0.3 is 0 Å². The minimum absolute atomic E-state index is 0.0241. The van der Waals surface area contributed by atoms with E-state index in [2.05, 4.69) is 11.8 Å². The number of benzene rings is 1. The average molecular weight is 400 g/mol. The molecule has 0 saturated carbocycles. The van der Waals surface area contributed by atoms with E-state index in [9.17, 15) is 9.18 Å². The largest absolute Gasteiger partial charge is 0.366 e. The van der Waals surface area contributed by atoms with Gasteiger partial charge in [0.05, 0.1) is 12.2 Å². The van der Waals surface area contributed by atoms with Crippen LogP contribution in [0.1, 0.15) is 61.7 Å². The molecule has 6 heteroatoms. The van der Waals surface area contributed by atoms with Gasteiger partial charge in [0.25, 0.3) is 5.56 Å². The first-order valence-corrected chi connectivity index (χ1v) is 11.0. The van der Waals surface area contributed by atoms with Crippen molar-refractivity contribution in [2.45, 2.75) is 58.4 Å². The zero-order chi connectivity index (χ0) is 19.7. The fraction of sp³-hybridized carbons (Fsp3) is 0.455. The van der Waals surface area contributed by atoms with Gasteiger partial charge in [0.2, 0.25) is 0 Å². The van der Waals surface area contributed by atoms with Gasteiger partial charge < -0.3 is 4.90 Å². The lowest BCUT2D eigenvalue weighted by molar-refractivity contribution is 0.565. The second-order valence-electron chi connectivity index (χ2n) is 7.48. The Labute approximate surface area is 168 Å². The van der Waals surface area contributed by atoms with E-state index >= 15 is 0 Å². The van der Waals surface area contributed by atoms with Crippen LogP contribution in [0.4, 0.5) is 10.1 Å². The van der Waals surface area contributed by atoms with Crippen LogP contribution in [-0.4, -0.2) is 15.9 Å². The highest BCUT2D eigenvalue weighted by Gasteiger charge is 2.28. The highest BCUT2D eigenvalue weighted by Crippen LogP contribution is 2.40. The second kappa shape index (κ2) is 8.03. The number of anilines is 1. The minimum atomic E-state index is -0.247. The fourth-order valence-corrected chi connectivity index (χ4v) is 5.41. The molecule has 0 amide bonds. The molecular formula is C22H26FN3OS. The van der Waals surface area contributed by atoms with Gasteiger partial charge in [-0.2, -0.15) is 0 Å². The summed E-state index contributed by atoms with van der Waals surface area (Å²) in [5.74, 6) is 0.240. The summed E-state index contributed by atoms with van der Waals surface area (Å²) >= 11 is 1.67. The molecule has 148 valence electrons. The number of aryl methyl sites for hydroxylation is 1. The van der Waals surface area contributed by atoms with E-state index in [-0.39, 0.29) is 11.4 Å². The van der Waals surface area contributed by atoms with Crippen molar-refractivity contribution < 1.29 is 4.39 Å². The molecule has 1 aliphatic carbocycles. The van der Waals surface area contributed by atoms with Crippen molar-refractivity contribution in [2.24, 2.45) is 0 Å². The van der Waals surface area contributed by atoms with Crippen LogP contribution in [0.2, 0.25) is 0 Å². The number of nitrogens with zero attached hydrogens (tertiary/aromatic N) is 3. The van der Waals surface area contributed by atoms with Gasteiger partial charge in [-0.05, 0) is 50.5 Å². The number of thiazole rings is 1. The zero-order valence-electron chi connectivity index (χ0n) is 16.4. The van der Waals surface area contributed by atoms with Gasteiger partial charge in [-0.25, -0.2) is 9.37 Å². The Bertz CT molecular complexity index is 1020. The maximum absolute atomic E-state index is 13.2. The fourth-order valence-electron chi connectivity index (χ4n) is 4.16. The zero-order valence-corrected chi connectivity index (χ0v) is 17.3. The summed E-state index contributed by atoms with van der Waals surface area (Å²) in [4.78, 5) is 22.0. The summed E-state index contributed by atoms with van der Waals surface area (Å²) in [7, 11) is 0. The maximum atomic E-state index is 13.2. The molecule has 4 rings (SSSR count). The van der Waals surface area contributed by atoms with Crippen LogP contribution in [0.5, 0.6) is 0 Å². The lowest BCUT2D eigenvalue weighted by Gasteiger charge is -2.22. The minimum Gasteiger partial charge on any atom is -0.366 e. The summed E-state index contributed by atoms with van der Waals surface area (Å²) in [6.45, 7) is 5.55. The van der Waals surface area contributed by atoms with Gasteiger partial charge in [-0.3, -0.25) is 9.20 Å². The molecule has 1 aromatic carbocycles. The Balaban J connectivity index is 1.65. The molecule has 1 atom stereocenters.